The fraction of sp³-hybridized carbons (Fsp3) is 0.500. The van der Waals surface area contributed by atoms with E-state index >= 15 is 0 Å². The molecule has 3 N–H and O–H groups in total. The number of nitrogens with zero attached hydrogens (tertiary/aromatic N) is 1. The molecular weight excluding hydrogens is 148 g/mol. The minimum Gasteiger partial charge on any atom is -0.384 e. The van der Waals surface area contributed by atoms with Crippen molar-refractivity contribution in [3.8, 4) is 0 Å². The average Bonchev–Trinajstić information content (AvgIpc) is 2.36. The maximum atomic E-state index is 9.31. The first-order valence-electron chi connectivity index (χ1n) is 3.05. The van der Waals surface area contributed by atoms with Crippen LogP contribution in [0.25, 0.3) is 0 Å². The van der Waals surface area contributed by atoms with Crippen molar-refractivity contribution in [3.63, 3.8) is 0 Å². The number of rotatable bonds is 2. The summed E-state index contributed by atoms with van der Waals surface area (Å²) in [7, 11) is 0. The second-order valence-electron chi connectivity index (χ2n) is 2.17. The maximum Gasteiger partial charge on any atom is 0.123 e. The van der Waals surface area contributed by atoms with Crippen LogP contribution in [0, 0.1) is 0 Å². The van der Waals surface area contributed by atoms with Crippen molar-refractivity contribution in [3.05, 3.63) is 16.6 Å². The summed E-state index contributed by atoms with van der Waals surface area (Å²) in [6.07, 6.45) is 1.05. The van der Waals surface area contributed by atoms with E-state index < -0.39 is 6.10 Å². The molecule has 0 bridgehead atoms. The normalized spacial score (nSPS) is 16.7. The van der Waals surface area contributed by atoms with Gasteiger partial charge in [-0.1, -0.05) is 0 Å². The standard InChI is InChI=1S/C6H10N2OS/c1-4(7)5(9)6-8-2-3-10-6/h2-5,9H,7H2,1H3/t4-,5-/m0/s1. The lowest BCUT2D eigenvalue weighted by molar-refractivity contribution is 0.153. The zero-order valence-electron chi connectivity index (χ0n) is 5.69. The number of hydrogen-bond donors (Lipinski definition) is 2. The third-order valence-electron chi connectivity index (χ3n) is 1.20. The van der Waals surface area contributed by atoms with Crippen LogP contribution in [0.1, 0.15) is 18.0 Å². The molecule has 10 heavy (non-hydrogen) atoms. The lowest BCUT2D eigenvalue weighted by Crippen LogP contribution is -2.24. The van der Waals surface area contributed by atoms with Gasteiger partial charge in [-0.15, -0.1) is 11.3 Å². The van der Waals surface area contributed by atoms with E-state index in [2.05, 4.69) is 4.98 Å². The van der Waals surface area contributed by atoms with Gasteiger partial charge in [-0.3, -0.25) is 0 Å². The fourth-order valence-electron chi connectivity index (χ4n) is 0.605. The first-order valence-corrected chi connectivity index (χ1v) is 3.93. The van der Waals surface area contributed by atoms with Crippen LogP contribution >= 0.6 is 11.3 Å². The molecule has 0 spiro atoms. The molecule has 4 heteroatoms. The molecule has 0 aliphatic rings. The molecule has 56 valence electrons. The Kier molecular flexibility index (Phi) is 2.37. The van der Waals surface area contributed by atoms with E-state index in [1.807, 2.05) is 5.38 Å². The highest BCUT2D eigenvalue weighted by atomic mass is 32.1. The van der Waals surface area contributed by atoms with Gasteiger partial charge in [-0.05, 0) is 6.92 Å². The Bertz CT molecular complexity index is 186. The Labute approximate surface area is 63.5 Å². The largest absolute Gasteiger partial charge is 0.384 e. The third-order valence-corrected chi connectivity index (χ3v) is 2.05. The van der Waals surface area contributed by atoms with Crippen LogP contribution in [0.2, 0.25) is 0 Å². The van der Waals surface area contributed by atoms with Gasteiger partial charge < -0.3 is 10.8 Å². The first-order chi connectivity index (χ1) is 4.72. The van der Waals surface area contributed by atoms with E-state index in [0.717, 1.165) is 0 Å². The quantitative estimate of drug-likeness (QED) is 0.659. The van der Waals surface area contributed by atoms with Gasteiger partial charge >= 0.3 is 0 Å². The minimum atomic E-state index is -0.611. The molecule has 0 saturated carbocycles. The van der Waals surface area contributed by atoms with Crippen molar-refractivity contribution in [2.24, 2.45) is 5.73 Å². The minimum absolute atomic E-state index is 0.244. The molecule has 0 radical (unpaired) electrons. The Balaban J connectivity index is 2.68. The van der Waals surface area contributed by atoms with Crippen molar-refractivity contribution in [2.45, 2.75) is 19.1 Å². The molecule has 1 aromatic heterocycles. The summed E-state index contributed by atoms with van der Waals surface area (Å²) < 4.78 is 0. The summed E-state index contributed by atoms with van der Waals surface area (Å²) >= 11 is 1.42. The van der Waals surface area contributed by atoms with Crippen molar-refractivity contribution in [2.75, 3.05) is 0 Å². The lowest BCUT2D eigenvalue weighted by Gasteiger charge is -2.09. The molecule has 0 amide bonds. The van der Waals surface area contributed by atoms with Gasteiger partial charge in [0.1, 0.15) is 11.1 Å². The molecule has 0 saturated heterocycles. The Morgan fingerprint density at radius 2 is 2.50 bits per heavy atom. The topological polar surface area (TPSA) is 59.1 Å². The Hall–Kier alpha value is -0.450. The molecule has 1 rings (SSSR count). The van der Waals surface area contributed by atoms with Gasteiger partial charge in [0.05, 0.1) is 0 Å². The highest BCUT2D eigenvalue weighted by Crippen LogP contribution is 2.16. The van der Waals surface area contributed by atoms with E-state index in [-0.39, 0.29) is 6.04 Å². The first kappa shape index (κ1) is 7.65. The smallest absolute Gasteiger partial charge is 0.123 e. The maximum absolute atomic E-state index is 9.31. The number of aromatic nitrogens is 1. The number of hydrogen-bond acceptors (Lipinski definition) is 4. The predicted octanol–water partition coefficient (Wildman–Crippen LogP) is 0.524. The fourth-order valence-corrected chi connectivity index (χ4v) is 1.34. The number of thiazole rings is 1. The van der Waals surface area contributed by atoms with Gasteiger partial charge in [0.2, 0.25) is 0 Å². The molecule has 0 unspecified atom stereocenters. The van der Waals surface area contributed by atoms with Crippen LogP contribution in [0.4, 0.5) is 0 Å². The summed E-state index contributed by atoms with van der Waals surface area (Å²) in [5.41, 5.74) is 5.44. The van der Waals surface area contributed by atoms with Crippen molar-refractivity contribution < 1.29 is 5.11 Å². The number of aliphatic hydroxyl groups excluding tert-OH is 1. The molecule has 1 heterocycles. The van der Waals surface area contributed by atoms with E-state index in [0.29, 0.717) is 5.01 Å². The van der Waals surface area contributed by atoms with Crippen LogP contribution < -0.4 is 5.73 Å². The highest BCUT2D eigenvalue weighted by molar-refractivity contribution is 7.09. The summed E-state index contributed by atoms with van der Waals surface area (Å²) in [5.74, 6) is 0. The third kappa shape index (κ3) is 1.53. The molecule has 1 aromatic rings. The Morgan fingerprint density at radius 3 is 2.90 bits per heavy atom. The number of nitrogens with two attached hydrogens (primary N) is 1. The van der Waals surface area contributed by atoms with Gasteiger partial charge in [-0.25, -0.2) is 4.98 Å². The predicted molar refractivity (Wildman–Crippen MR) is 40.7 cm³/mol. The molecule has 0 aliphatic carbocycles. The molecule has 0 fully saturated rings. The van der Waals surface area contributed by atoms with E-state index in [9.17, 15) is 5.11 Å². The molecular formula is C6H10N2OS. The van der Waals surface area contributed by atoms with Crippen molar-refractivity contribution >= 4 is 11.3 Å². The van der Waals surface area contributed by atoms with Crippen molar-refractivity contribution in [1.29, 1.82) is 0 Å². The average molecular weight is 158 g/mol. The van der Waals surface area contributed by atoms with Gasteiger partial charge in [0.15, 0.2) is 0 Å². The van der Waals surface area contributed by atoms with Crippen LogP contribution in [0.5, 0.6) is 0 Å². The molecule has 0 aromatic carbocycles. The monoisotopic (exact) mass is 158 g/mol. The van der Waals surface area contributed by atoms with Gasteiger partial charge in [-0.2, -0.15) is 0 Å². The zero-order valence-corrected chi connectivity index (χ0v) is 6.51. The summed E-state index contributed by atoms with van der Waals surface area (Å²) in [5, 5.41) is 11.8. The zero-order chi connectivity index (χ0) is 7.56. The molecule has 2 atom stereocenters. The highest BCUT2D eigenvalue weighted by Gasteiger charge is 2.13. The van der Waals surface area contributed by atoms with E-state index in [1.165, 1.54) is 11.3 Å². The van der Waals surface area contributed by atoms with Crippen LogP contribution in [0.15, 0.2) is 11.6 Å². The summed E-state index contributed by atoms with van der Waals surface area (Å²) in [6.45, 7) is 1.76. The molecule has 3 nitrogen and oxygen atoms in total. The second-order valence-corrected chi connectivity index (χ2v) is 3.10. The number of aliphatic hydroxyl groups is 1. The van der Waals surface area contributed by atoms with Crippen LogP contribution in [0.3, 0.4) is 0 Å². The van der Waals surface area contributed by atoms with E-state index in [1.54, 1.807) is 13.1 Å². The van der Waals surface area contributed by atoms with E-state index in [4.69, 9.17) is 5.73 Å². The SMILES string of the molecule is C[C@H](N)[C@H](O)c1nccs1. The van der Waals surface area contributed by atoms with Crippen LogP contribution in [-0.4, -0.2) is 16.1 Å². The van der Waals surface area contributed by atoms with Crippen molar-refractivity contribution in [1.82, 2.24) is 4.98 Å². The lowest BCUT2D eigenvalue weighted by atomic mass is 10.2. The Morgan fingerprint density at radius 1 is 1.80 bits per heavy atom. The van der Waals surface area contributed by atoms with Gasteiger partial charge in [0, 0.05) is 17.6 Å². The summed E-state index contributed by atoms with van der Waals surface area (Å²) in [6, 6.07) is -0.244. The van der Waals surface area contributed by atoms with Crippen LogP contribution in [-0.2, 0) is 0 Å². The van der Waals surface area contributed by atoms with Gasteiger partial charge in [0.25, 0.3) is 0 Å². The molecule has 0 aliphatic heterocycles. The summed E-state index contributed by atoms with van der Waals surface area (Å²) in [4.78, 5) is 3.93. The second kappa shape index (κ2) is 3.09.